The number of fused-ring (bicyclic) bond motifs is 1. The fraction of sp³-hybridized carbons (Fsp3) is 0.529. The van der Waals surface area contributed by atoms with Gasteiger partial charge in [0.1, 0.15) is 0 Å². The van der Waals surface area contributed by atoms with Crippen LogP contribution in [0.3, 0.4) is 0 Å². The summed E-state index contributed by atoms with van der Waals surface area (Å²) in [5.74, 6) is 0. The summed E-state index contributed by atoms with van der Waals surface area (Å²) >= 11 is 0. The van der Waals surface area contributed by atoms with Crippen LogP contribution in [0.25, 0.3) is 10.9 Å². The average molecular weight is 351 g/mol. The molecule has 1 aromatic heterocycles. The van der Waals surface area contributed by atoms with Crippen molar-refractivity contribution in [1.29, 1.82) is 0 Å². The first-order valence-corrected chi connectivity index (χ1v) is 9.84. The van der Waals surface area contributed by atoms with Crippen LogP contribution in [0.2, 0.25) is 0 Å². The largest absolute Gasteiger partial charge is 0.373 e. The highest BCUT2D eigenvalue weighted by Crippen LogP contribution is 2.16. The Bertz CT molecular complexity index is 777. The maximum absolute atomic E-state index is 12.4. The molecule has 1 aliphatic heterocycles. The lowest BCUT2D eigenvalue weighted by Crippen LogP contribution is -2.52. The van der Waals surface area contributed by atoms with Crippen LogP contribution in [-0.4, -0.2) is 49.1 Å². The van der Waals surface area contributed by atoms with E-state index in [4.69, 9.17) is 4.74 Å². The zero-order valence-corrected chi connectivity index (χ0v) is 15.0. The fourth-order valence-corrected chi connectivity index (χ4v) is 4.60. The first-order chi connectivity index (χ1) is 11.5. The van der Waals surface area contributed by atoms with Gasteiger partial charge in [0.15, 0.2) is 0 Å². The first kappa shape index (κ1) is 17.4. The summed E-state index contributed by atoms with van der Waals surface area (Å²) in [5.41, 5.74) is 1.18. The van der Waals surface area contributed by atoms with E-state index in [0.717, 1.165) is 13.0 Å². The van der Waals surface area contributed by atoms with Gasteiger partial charge in [-0.05, 0) is 37.8 Å². The predicted molar refractivity (Wildman–Crippen MR) is 95.1 cm³/mol. The van der Waals surface area contributed by atoms with Gasteiger partial charge in [0.25, 0.3) is 10.2 Å². The summed E-state index contributed by atoms with van der Waals surface area (Å²) in [6.45, 7) is 5.81. The van der Waals surface area contributed by atoms with Gasteiger partial charge in [0, 0.05) is 37.9 Å². The highest BCUT2D eigenvalue weighted by Gasteiger charge is 2.30. The highest BCUT2D eigenvalue weighted by atomic mass is 32.2. The number of hydrogen-bond donors (Lipinski definition) is 1. The number of ether oxygens (including phenoxy) is 1. The van der Waals surface area contributed by atoms with Crippen LogP contribution >= 0.6 is 0 Å². The second-order valence-corrected chi connectivity index (χ2v) is 8.15. The third-order valence-corrected chi connectivity index (χ3v) is 5.81. The smallest absolute Gasteiger partial charge is 0.279 e. The molecule has 1 N–H and O–H groups in total. The molecule has 1 aliphatic rings. The number of morpholine rings is 1. The van der Waals surface area contributed by atoms with Crippen molar-refractivity contribution < 1.29 is 13.2 Å². The molecule has 7 heteroatoms. The number of aryl methyl sites for hydroxylation is 1. The number of rotatable bonds is 6. The lowest BCUT2D eigenvalue weighted by Gasteiger charge is -2.34. The fourth-order valence-electron chi connectivity index (χ4n) is 3.20. The Morgan fingerprint density at radius 1 is 1.17 bits per heavy atom. The van der Waals surface area contributed by atoms with Gasteiger partial charge in [-0.25, -0.2) is 4.72 Å². The molecule has 0 bridgehead atoms. The summed E-state index contributed by atoms with van der Waals surface area (Å²) < 4.78 is 36.7. The molecule has 1 saturated heterocycles. The van der Waals surface area contributed by atoms with Gasteiger partial charge < -0.3 is 9.30 Å². The van der Waals surface area contributed by atoms with Crippen LogP contribution in [0.1, 0.15) is 20.3 Å². The van der Waals surface area contributed by atoms with E-state index in [-0.39, 0.29) is 12.2 Å². The molecule has 1 fully saturated rings. The summed E-state index contributed by atoms with van der Waals surface area (Å²) in [7, 11) is -3.44. The second-order valence-electron chi connectivity index (χ2n) is 6.40. The zero-order valence-electron chi connectivity index (χ0n) is 14.2. The molecule has 0 spiro atoms. The molecule has 0 radical (unpaired) electrons. The van der Waals surface area contributed by atoms with Gasteiger partial charge >= 0.3 is 0 Å². The van der Waals surface area contributed by atoms with E-state index < -0.39 is 10.2 Å². The number of benzene rings is 1. The van der Waals surface area contributed by atoms with E-state index >= 15 is 0 Å². The lowest BCUT2D eigenvalue weighted by atomic mass is 10.2. The van der Waals surface area contributed by atoms with Gasteiger partial charge in [-0.1, -0.05) is 18.2 Å². The van der Waals surface area contributed by atoms with E-state index in [2.05, 4.69) is 27.5 Å². The molecular weight excluding hydrogens is 326 g/mol. The number of hydrogen-bond acceptors (Lipinski definition) is 3. The molecule has 0 amide bonds. The van der Waals surface area contributed by atoms with Crippen molar-refractivity contribution in [2.45, 2.75) is 39.0 Å². The van der Waals surface area contributed by atoms with Crippen molar-refractivity contribution in [1.82, 2.24) is 13.6 Å². The zero-order chi connectivity index (χ0) is 17.2. The van der Waals surface area contributed by atoms with Crippen molar-refractivity contribution in [3.8, 4) is 0 Å². The summed E-state index contributed by atoms with van der Waals surface area (Å²) in [6.07, 6.45) is 2.64. The topological polar surface area (TPSA) is 63.6 Å². The van der Waals surface area contributed by atoms with Crippen LogP contribution < -0.4 is 4.72 Å². The molecule has 2 aromatic rings. The molecule has 0 saturated carbocycles. The highest BCUT2D eigenvalue weighted by molar-refractivity contribution is 7.87. The monoisotopic (exact) mass is 351 g/mol. The molecule has 132 valence electrons. The van der Waals surface area contributed by atoms with E-state index in [1.54, 1.807) is 0 Å². The first-order valence-electron chi connectivity index (χ1n) is 8.40. The standard InChI is InChI=1S/C17H25N3O3S/c1-14-12-20(13-15(2)23-14)24(21,22)18-9-5-10-19-11-8-16-6-3-4-7-17(16)19/h3-4,6-8,11,14-15,18H,5,9-10,12-13H2,1-2H3. The molecule has 2 heterocycles. The maximum atomic E-state index is 12.4. The Hall–Kier alpha value is -1.41. The molecular formula is C17H25N3O3S. The molecule has 0 aliphatic carbocycles. The van der Waals surface area contributed by atoms with Crippen LogP contribution in [0.5, 0.6) is 0 Å². The van der Waals surface area contributed by atoms with Crippen LogP contribution in [0, 0.1) is 0 Å². The Balaban J connectivity index is 1.52. The molecule has 2 atom stereocenters. The molecule has 1 aromatic carbocycles. The Labute approximate surface area is 143 Å². The molecule has 24 heavy (non-hydrogen) atoms. The summed E-state index contributed by atoms with van der Waals surface area (Å²) in [6, 6.07) is 10.3. The van der Waals surface area contributed by atoms with Crippen molar-refractivity contribution in [3.05, 3.63) is 36.5 Å². The average Bonchev–Trinajstić information content (AvgIpc) is 2.94. The van der Waals surface area contributed by atoms with Crippen molar-refractivity contribution in [2.75, 3.05) is 19.6 Å². The van der Waals surface area contributed by atoms with Crippen LogP contribution in [0.15, 0.2) is 36.5 Å². The van der Waals surface area contributed by atoms with E-state index in [0.29, 0.717) is 19.6 Å². The van der Waals surface area contributed by atoms with Gasteiger partial charge in [-0.15, -0.1) is 0 Å². The minimum Gasteiger partial charge on any atom is -0.373 e. The Kier molecular flexibility index (Phi) is 5.24. The lowest BCUT2D eigenvalue weighted by molar-refractivity contribution is -0.0443. The quantitative estimate of drug-likeness (QED) is 0.810. The number of para-hydroxylation sites is 1. The van der Waals surface area contributed by atoms with Crippen LogP contribution in [-0.2, 0) is 21.5 Å². The number of nitrogens with zero attached hydrogens (tertiary/aromatic N) is 2. The maximum Gasteiger partial charge on any atom is 0.279 e. The van der Waals surface area contributed by atoms with Gasteiger partial charge in [-0.3, -0.25) is 0 Å². The van der Waals surface area contributed by atoms with Gasteiger partial charge in [-0.2, -0.15) is 12.7 Å². The summed E-state index contributed by atoms with van der Waals surface area (Å²) in [5, 5.41) is 1.20. The van der Waals surface area contributed by atoms with Gasteiger partial charge in [0.2, 0.25) is 0 Å². The van der Waals surface area contributed by atoms with E-state index in [1.807, 2.05) is 32.2 Å². The van der Waals surface area contributed by atoms with Crippen molar-refractivity contribution in [2.24, 2.45) is 0 Å². The van der Waals surface area contributed by atoms with Crippen LogP contribution in [0.4, 0.5) is 0 Å². The third kappa shape index (κ3) is 3.97. The van der Waals surface area contributed by atoms with Gasteiger partial charge in [0.05, 0.1) is 12.2 Å². The molecule has 6 nitrogen and oxygen atoms in total. The molecule has 3 rings (SSSR count). The van der Waals surface area contributed by atoms with E-state index in [1.165, 1.54) is 15.2 Å². The predicted octanol–water partition coefficient (Wildman–Crippen LogP) is 1.98. The van der Waals surface area contributed by atoms with Crippen molar-refractivity contribution >= 4 is 21.1 Å². The third-order valence-electron chi connectivity index (χ3n) is 4.27. The van der Waals surface area contributed by atoms with E-state index in [9.17, 15) is 8.42 Å². The normalized spacial score (nSPS) is 22.9. The SMILES string of the molecule is CC1CN(S(=O)(=O)NCCCn2ccc3ccccc32)CC(C)O1. The number of aromatic nitrogens is 1. The van der Waals surface area contributed by atoms with Crippen molar-refractivity contribution in [3.63, 3.8) is 0 Å². The second kappa shape index (κ2) is 7.23. The number of nitrogens with one attached hydrogen (secondary N) is 1. The Morgan fingerprint density at radius 2 is 1.88 bits per heavy atom. The minimum absolute atomic E-state index is 0.0726. The Morgan fingerprint density at radius 3 is 2.62 bits per heavy atom. The minimum atomic E-state index is -3.44. The summed E-state index contributed by atoms with van der Waals surface area (Å²) in [4.78, 5) is 0. The molecule has 2 unspecified atom stereocenters.